The summed E-state index contributed by atoms with van der Waals surface area (Å²) in [6, 6.07) is 8.88. The van der Waals surface area contributed by atoms with Crippen molar-refractivity contribution >= 4 is 11.6 Å². The molecule has 2 saturated heterocycles. The number of piperidine rings is 1. The smallest absolute Gasteiger partial charge is 0.236 e. The molecule has 5 nitrogen and oxygen atoms in total. The Bertz CT molecular complexity index is 623. The molecule has 1 aromatic carbocycles. The van der Waals surface area contributed by atoms with E-state index in [0.29, 0.717) is 18.5 Å². The minimum Gasteiger partial charge on any atom is -0.497 e. The standard InChI is InChI=1S/C22H33N3O2/c1-27-20-10-8-19(9-11-20)23-13-15-24(16-14-23)22(26)17-25-12-4-6-18-5-2-3-7-21(18)25/h8-11,18,21H,2-7,12-17H2,1H3/t18-,21-/m0/s1. The van der Waals surface area contributed by atoms with Crippen molar-refractivity contribution in [3.8, 4) is 5.75 Å². The van der Waals surface area contributed by atoms with Gasteiger partial charge in [0.25, 0.3) is 0 Å². The van der Waals surface area contributed by atoms with Gasteiger partial charge in [-0.1, -0.05) is 12.8 Å². The Balaban J connectivity index is 1.29. The summed E-state index contributed by atoms with van der Waals surface area (Å²) in [6.45, 7) is 5.20. The van der Waals surface area contributed by atoms with Gasteiger partial charge in [0.15, 0.2) is 0 Å². The quantitative estimate of drug-likeness (QED) is 0.815. The van der Waals surface area contributed by atoms with Crippen molar-refractivity contribution in [2.45, 2.75) is 44.6 Å². The minimum atomic E-state index is 0.329. The molecule has 0 unspecified atom stereocenters. The van der Waals surface area contributed by atoms with Crippen LogP contribution in [0.1, 0.15) is 38.5 Å². The maximum absolute atomic E-state index is 12.9. The van der Waals surface area contributed by atoms with Crippen LogP contribution in [-0.4, -0.2) is 68.1 Å². The minimum absolute atomic E-state index is 0.329. The number of anilines is 1. The second-order valence-electron chi connectivity index (χ2n) is 8.29. The van der Waals surface area contributed by atoms with E-state index in [4.69, 9.17) is 4.74 Å². The Kier molecular flexibility index (Phi) is 5.86. The van der Waals surface area contributed by atoms with E-state index in [-0.39, 0.29) is 0 Å². The monoisotopic (exact) mass is 371 g/mol. The van der Waals surface area contributed by atoms with Gasteiger partial charge in [0.05, 0.1) is 13.7 Å². The number of nitrogens with zero attached hydrogens (tertiary/aromatic N) is 3. The fourth-order valence-corrected chi connectivity index (χ4v) is 5.21. The van der Waals surface area contributed by atoms with Crippen LogP contribution in [0.5, 0.6) is 5.75 Å². The number of likely N-dealkylation sites (tertiary alicyclic amines) is 1. The highest BCUT2D eigenvalue weighted by Gasteiger charge is 2.34. The van der Waals surface area contributed by atoms with Crippen LogP contribution >= 0.6 is 0 Å². The lowest BCUT2D eigenvalue weighted by atomic mass is 9.78. The van der Waals surface area contributed by atoms with E-state index in [1.54, 1.807) is 7.11 Å². The Hall–Kier alpha value is -1.75. The summed E-state index contributed by atoms with van der Waals surface area (Å²) in [5, 5.41) is 0. The first-order valence-electron chi connectivity index (χ1n) is 10.7. The number of piperazine rings is 1. The van der Waals surface area contributed by atoms with Gasteiger partial charge >= 0.3 is 0 Å². The Morgan fingerprint density at radius 3 is 2.41 bits per heavy atom. The van der Waals surface area contributed by atoms with Gasteiger partial charge in [-0.15, -0.1) is 0 Å². The summed E-state index contributed by atoms with van der Waals surface area (Å²) < 4.78 is 5.24. The molecule has 1 aromatic rings. The molecule has 2 atom stereocenters. The molecule has 0 spiro atoms. The Labute approximate surface area is 163 Å². The third kappa shape index (κ3) is 4.23. The molecule has 3 fully saturated rings. The van der Waals surface area contributed by atoms with E-state index in [1.807, 2.05) is 12.1 Å². The molecule has 5 heteroatoms. The van der Waals surface area contributed by atoms with Gasteiger partial charge in [0.2, 0.25) is 5.91 Å². The maximum Gasteiger partial charge on any atom is 0.236 e. The molecular formula is C22H33N3O2. The van der Waals surface area contributed by atoms with E-state index in [1.165, 1.54) is 44.2 Å². The number of carbonyl (C=O) groups is 1. The van der Waals surface area contributed by atoms with Gasteiger partial charge in [-0.2, -0.15) is 0 Å². The number of rotatable bonds is 4. The first-order valence-corrected chi connectivity index (χ1v) is 10.7. The predicted octanol–water partition coefficient (Wildman–Crippen LogP) is 3.00. The molecule has 0 N–H and O–H groups in total. The normalized spacial score (nSPS) is 26.6. The molecule has 148 valence electrons. The number of fused-ring (bicyclic) bond motifs is 1. The van der Waals surface area contributed by atoms with Crippen LogP contribution in [0.4, 0.5) is 5.69 Å². The van der Waals surface area contributed by atoms with Crippen LogP contribution in [0, 0.1) is 5.92 Å². The van der Waals surface area contributed by atoms with Crippen LogP contribution in [-0.2, 0) is 4.79 Å². The summed E-state index contributed by atoms with van der Waals surface area (Å²) in [5.41, 5.74) is 1.21. The third-order valence-electron chi connectivity index (χ3n) is 6.77. The van der Waals surface area contributed by atoms with Gasteiger partial charge < -0.3 is 14.5 Å². The predicted molar refractivity (Wildman–Crippen MR) is 108 cm³/mol. The Morgan fingerprint density at radius 1 is 0.963 bits per heavy atom. The van der Waals surface area contributed by atoms with Crippen LogP contribution in [0.2, 0.25) is 0 Å². The van der Waals surface area contributed by atoms with E-state index in [2.05, 4.69) is 26.8 Å². The number of ether oxygens (including phenoxy) is 1. The molecule has 4 rings (SSSR count). The lowest BCUT2D eigenvalue weighted by Gasteiger charge is -2.45. The number of benzene rings is 1. The molecule has 2 aliphatic heterocycles. The summed E-state index contributed by atoms with van der Waals surface area (Å²) in [5.74, 6) is 2.05. The molecule has 0 bridgehead atoms. The molecule has 3 aliphatic rings. The van der Waals surface area contributed by atoms with Gasteiger partial charge in [-0.3, -0.25) is 9.69 Å². The molecular weight excluding hydrogens is 338 g/mol. The van der Waals surface area contributed by atoms with Gasteiger partial charge in [-0.05, 0) is 62.4 Å². The van der Waals surface area contributed by atoms with Gasteiger partial charge in [0.1, 0.15) is 5.75 Å². The molecule has 1 amide bonds. The van der Waals surface area contributed by atoms with Crippen molar-refractivity contribution < 1.29 is 9.53 Å². The summed E-state index contributed by atoms with van der Waals surface area (Å²) >= 11 is 0. The van der Waals surface area contributed by atoms with Gasteiger partial charge in [0, 0.05) is 37.9 Å². The van der Waals surface area contributed by atoms with Crippen molar-refractivity contribution in [3.63, 3.8) is 0 Å². The lowest BCUT2D eigenvalue weighted by molar-refractivity contribution is -0.134. The maximum atomic E-state index is 12.9. The average Bonchev–Trinajstić information content (AvgIpc) is 2.74. The largest absolute Gasteiger partial charge is 0.497 e. The van der Waals surface area contributed by atoms with Crippen molar-refractivity contribution in [2.24, 2.45) is 5.92 Å². The van der Waals surface area contributed by atoms with E-state index >= 15 is 0 Å². The fraction of sp³-hybridized carbons (Fsp3) is 0.682. The number of carbonyl (C=O) groups excluding carboxylic acids is 1. The summed E-state index contributed by atoms with van der Waals surface area (Å²) in [4.78, 5) is 19.9. The van der Waals surface area contributed by atoms with E-state index in [0.717, 1.165) is 44.4 Å². The first kappa shape index (κ1) is 18.6. The van der Waals surface area contributed by atoms with Crippen molar-refractivity contribution in [2.75, 3.05) is 51.3 Å². The Morgan fingerprint density at radius 2 is 1.67 bits per heavy atom. The number of hydrogen-bond donors (Lipinski definition) is 0. The lowest BCUT2D eigenvalue weighted by Crippen LogP contribution is -2.54. The molecule has 1 aliphatic carbocycles. The summed E-state index contributed by atoms with van der Waals surface area (Å²) in [6.07, 6.45) is 8.03. The molecule has 2 heterocycles. The number of amides is 1. The summed E-state index contributed by atoms with van der Waals surface area (Å²) in [7, 11) is 1.69. The van der Waals surface area contributed by atoms with Crippen LogP contribution in [0.15, 0.2) is 24.3 Å². The van der Waals surface area contributed by atoms with Crippen molar-refractivity contribution in [1.82, 2.24) is 9.80 Å². The first-order chi connectivity index (χ1) is 13.2. The topological polar surface area (TPSA) is 36.0 Å². The molecule has 0 aromatic heterocycles. The third-order valence-corrected chi connectivity index (χ3v) is 6.77. The highest BCUT2D eigenvalue weighted by atomic mass is 16.5. The molecule has 1 saturated carbocycles. The van der Waals surface area contributed by atoms with Crippen LogP contribution < -0.4 is 9.64 Å². The van der Waals surface area contributed by atoms with Gasteiger partial charge in [-0.25, -0.2) is 0 Å². The van der Waals surface area contributed by atoms with Crippen LogP contribution in [0.25, 0.3) is 0 Å². The van der Waals surface area contributed by atoms with Crippen molar-refractivity contribution in [1.29, 1.82) is 0 Å². The SMILES string of the molecule is COc1ccc(N2CCN(C(=O)CN3CCC[C@@H]4CCCC[C@@H]43)CC2)cc1. The molecule has 27 heavy (non-hydrogen) atoms. The zero-order chi connectivity index (χ0) is 18.6. The van der Waals surface area contributed by atoms with E-state index in [9.17, 15) is 4.79 Å². The van der Waals surface area contributed by atoms with Crippen LogP contribution in [0.3, 0.4) is 0 Å². The second-order valence-corrected chi connectivity index (χ2v) is 8.29. The number of methoxy groups -OCH3 is 1. The van der Waals surface area contributed by atoms with Crippen molar-refractivity contribution in [3.05, 3.63) is 24.3 Å². The second kappa shape index (κ2) is 8.51. The highest BCUT2D eigenvalue weighted by molar-refractivity contribution is 5.78. The zero-order valence-corrected chi connectivity index (χ0v) is 16.6. The molecule has 0 radical (unpaired) electrons. The average molecular weight is 372 g/mol. The highest BCUT2D eigenvalue weighted by Crippen LogP contribution is 2.35. The van der Waals surface area contributed by atoms with E-state index < -0.39 is 0 Å². The number of hydrogen-bond acceptors (Lipinski definition) is 4. The fourth-order valence-electron chi connectivity index (χ4n) is 5.21. The zero-order valence-electron chi connectivity index (χ0n) is 16.6.